The summed E-state index contributed by atoms with van der Waals surface area (Å²) in [6, 6.07) is 3.16. The smallest absolute Gasteiger partial charge is 0.371 e. The first-order chi connectivity index (χ1) is 7.77. The molecule has 0 radical (unpaired) electrons. The second-order valence-corrected chi connectivity index (χ2v) is 2.83. The van der Waals surface area contributed by atoms with Crippen LogP contribution in [0.1, 0.15) is 5.82 Å². The average molecular weight is 221 g/mol. The molecule has 0 saturated carbocycles. The second-order valence-electron chi connectivity index (χ2n) is 2.83. The van der Waals surface area contributed by atoms with Gasteiger partial charge in [0.1, 0.15) is 11.9 Å². The minimum Gasteiger partial charge on any atom is -0.371 e. The maximum Gasteiger partial charge on any atom is 0.386 e. The van der Waals surface area contributed by atoms with Gasteiger partial charge in [-0.2, -0.15) is 4.98 Å². The fourth-order valence-corrected chi connectivity index (χ4v) is 1.13. The minimum absolute atomic E-state index is 0.231. The number of hydrogen-bond acceptors (Lipinski definition) is 7. The number of pyridine rings is 1. The third-order valence-electron chi connectivity index (χ3n) is 1.80. The van der Waals surface area contributed by atoms with Crippen molar-refractivity contribution >= 4 is 11.5 Å². The largest absolute Gasteiger partial charge is 0.386 e. The Morgan fingerprint density at radius 2 is 2.38 bits per heavy atom. The summed E-state index contributed by atoms with van der Waals surface area (Å²) in [5.41, 5.74) is 0.317. The molecule has 0 aliphatic heterocycles. The van der Waals surface area contributed by atoms with Gasteiger partial charge in [0, 0.05) is 0 Å². The molecule has 0 aliphatic carbocycles. The van der Waals surface area contributed by atoms with Crippen LogP contribution in [-0.2, 0) is 6.54 Å². The molecular formula is C8H7N5O3. The Balaban J connectivity index is 2.12. The average Bonchev–Trinajstić information content (AvgIpc) is 2.79. The van der Waals surface area contributed by atoms with E-state index in [1.54, 1.807) is 12.1 Å². The van der Waals surface area contributed by atoms with E-state index >= 15 is 0 Å². The van der Waals surface area contributed by atoms with Gasteiger partial charge >= 0.3 is 5.82 Å². The predicted molar refractivity (Wildman–Crippen MR) is 52.5 cm³/mol. The zero-order valence-corrected chi connectivity index (χ0v) is 8.03. The van der Waals surface area contributed by atoms with E-state index in [0.717, 1.165) is 0 Å². The summed E-state index contributed by atoms with van der Waals surface area (Å²) in [6.07, 6.45) is 2.55. The summed E-state index contributed by atoms with van der Waals surface area (Å²) in [4.78, 5) is 17.5. The molecule has 0 fully saturated rings. The lowest BCUT2D eigenvalue weighted by atomic mass is 10.4. The highest BCUT2D eigenvalue weighted by Gasteiger charge is 2.13. The summed E-state index contributed by atoms with van der Waals surface area (Å²) >= 11 is 0. The fraction of sp³-hybridized carbons (Fsp3) is 0.125. The molecule has 1 N–H and O–H groups in total. The number of nitrogens with zero attached hydrogens (tertiary/aromatic N) is 4. The van der Waals surface area contributed by atoms with Gasteiger partial charge in [-0.05, 0) is 22.0 Å². The van der Waals surface area contributed by atoms with Crippen molar-refractivity contribution in [1.29, 1.82) is 0 Å². The summed E-state index contributed by atoms with van der Waals surface area (Å²) in [6.45, 7) is 0.239. The topological polar surface area (TPSA) is 107 Å². The standard InChI is InChI=1S/C8H7N5O3/c14-13(15)8-6(2-1-3-9-8)10-4-7-11-5-16-12-7/h1-3,5,10H,4H2. The first-order valence-electron chi connectivity index (χ1n) is 4.36. The van der Waals surface area contributed by atoms with Crippen LogP contribution in [0.15, 0.2) is 29.2 Å². The quantitative estimate of drug-likeness (QED) is 0.605. The number of aromatic nitrogens is 3. The van der Waals surface area contributed by atoms with Crippen molar-refractivity contribution in [3.8, 4) is 0 Å². The molecule has 2 aromatic heterocycles. The fourth-order valence-electron chi connectivity index (χ4n) is 1.13. The van der Waals surface area contributed by atoms with E-state index in [1.807, 2.05) is 0 Å². The van der Waals surface area contributed by atoms with E-state index in [9.17, 15) is 10.1 Å². The Kier molecular flexibility index (Phi) is 2.72. The number of rotatable bonds is 4. The highest BCUT2D eigenvalue weighted by molar-refractivity contribution is 5.56. The summed E-state index contributed by atoms with van der Waals surface area (Å²) in [7, 11) is 0. The molecule has 2 heterocycles. The van der Waals surface area contributed by atoms with E-state index in [-0.39, 0.29) is 12.4 Å². The summed E-state index contributed by atoms with van der Waals surface area (Å²) in [5.74, 6) is 0.184. The number of anilines is 1. The molecule has 0 atom stereocenters. The Hall–Kier alpha value is -2.51. The maximum atomic E-state index is 10.6. The molecule has 8 nitrogen and oxygen atoms in total. The van der Waals surface area contributed by atoms with Crippen LogP contribution in [0.5, 0.6) is 0 Å². The van der Waals surface area contributed by atoms with Crippen molar-refractivity contribution in [2.75, 3.05) is 5.32 Å². The second kappa shape index (κ2) is 4.34. The lowest BCUT2D eigenvalue weighted by Gasteiger charge is -2.02. The lowest BCUT2D eigenvalue weighted by Crippen LogP contribution is -2.04. The molecular weight excluding hydrogens is 214 g/mol. The highest BCUT2D eigenvalue weighted by atomic mass is 16.6. The van der Waals surface area contributed by atoms with Gasteiger partial charge in [-0.3, -0.25) is 0 Å². The molecule has 0 unspecified atom stereocenters. The predicted octanol–water partition coefficient (Wildman–Crippen LogP) is 0.985. The van der Waals surface area contributed by atoms with Gasteiger partial charge in [-0.25, -0.2) is 0 Å². The first kappa shape index (κ1) is 10.0. The summed E-state index contributed by atoms with van der Waals surface area (Å²) < 4.78 is 4.53. The van der Waals surface area contributed by atoms with Gasteiger partial charge < -0.3 is 20.0 Å². The zero-order chi connectivity index (χ0) is 11.4. The third-order valence-corrected chi connectivity index (χ3v) is 1.80. The van der Waals surface area contributed by atoms with Crippen LogP contribution >= 0.6 is 0 Å². The van der Waals surface area contributed by atoms with E-state index < -0.39 is 4.92 Å². The van der Waals surface area contributed by atoms with Crippen LogP contribution in [0.4, 0.5) is 11.5 Å². The van der Waals surface area contributed by atoms with E-state index in [2.05, 4.69) is 25.0 Å². The molecule has 0 aliphatic rings. The van der Waals surface area contributed by atoms with Crippen molar-refractivity contribution in [3.05, 3.63) is 40.7 Å². The van der Waals surface area contributed by atoms with E-state index in [4.69, 9.17) is 0 Å². The number of hydrogen-bond donors (Lipinski definition) is 1. The molecule has 8 heteroatoms. The molecule has 0 bridgehead atoms. The Morgan fingerprint density at radius 3 is 3.06 bits per heavy atom. The van der Waals surface area contributed by atoms with Gasteiger partial charge in [-0.15, -0.1) is 0 Å². The lowest BCUT2D eigenvalue weighted by molar-refractivity contribution is -0.388. The van der Waals surface area contributed by atoms with Crippen LogP contribution in [0.2, 0.25) is 0 Å². The molecule has 0 amide bonds. The zero-order valence-electron chi connectivity index (χ0n) is 8.03. The molecule has 0 aromatic carbocycles. The Labute approximate surface area is 89.5 Å². The van der Waals surface area contributed by atoms with Crippen LogP contribution in [0, 0.1) is 10.1 Å². The molecule has 82 valence electrons. The first-order valence-corrected chi connectivity index (χ1v) is 4.36. The SMILES string of the molecule is O=[N+]([O-])c1ncccc1NCc1ncon1. The molecule has 2 aromatic rings. The van der Waals surface area contributed by atoms with Gasteiger partial charge in [-0.1, -0.05) is 5.16 Å². The molecule has 2 rings (SSSR count). The van der Waals surface area contributed by atoms with Crippen molar-refractivity contribution in [3.63, 3.8) is 0 Å². The van der Waals surface area contributed by atoms with Gasteiger partial charge in [0.05, 0.1) is 6.54 Å². The monoisotopic (exact) mass is 221 g/mol. The van der Waals surface area contributed by atoms with Crippen molar-refractivity contribution < 1.29 is 9.45 Å². The van der Waals surface area contributed by atoms with Crippen LogP contribution < -0.4 is 5.32 Å². The Morgan fingerprint density at radius 1 is 1.50 bits per heavy atom. The van der Waals surface area contributed by atoms with Crippen molar-refractivity contribution in [1.82, 2.24) is 15.1 Å². The van der Waals surface area contributed by atoms with Gasteiger partial charge in [0.25, 0.3) is 0 Å². The van der Waals surface area contributed by atoms with Crippen LogP contribution in [0.25, 0.3) is 0 Å². The third kappa shape index (κ3) is 2.11. The number of nitro groups is 1. The molecule has 0 spiro atoms. The normalized spacial score (nSPS) is 10.0. The van der Waals surface area contributed by atoms with Gasteiger partial charge in [0.15, 0.2) is 5.82 Å². The summed E-state index contributed by atoms with van der Waals surface area (Å²) in [5, 5.41) is 17.0. The van der Waals surface area contributed by atoms with E-state index in [1.165, 1.54) is 12.6 Å². The van der Waals surface area contributed by atoms with Gasteiger partial charge in [0.2, 0.25) is 6.39 Å². The van der Waals surface area contributed by atoms with Crippen LogP contribution in [-0.4, -0.2) is 20.0 Å². The Bertz CT molecular complexity index is 484. The van der Waals surface area contributed by atoms with Crippen molar-refractivity contribution in [2.45, 2.75) is 6.54 Å². The minimum atomic E-state index is -0.557. The van der Waals surface area contributed by atoms with E-state index in [0.29, 0.717) is 11.5 Å². The molecule has 16 heavy (non-hydrogen) atoms. The maximum absolute atomic E-state index is 10.6. The highest BCUT2D eigenvalue weighted by Crippen LogP contribution is 2.20. The number of nitrogens with one attached hydrogen (secondary N) is 1. The van der Waals surface area contributed by atoms with Crippen molar-refractivity contribution in [2.24, 2.45) is 0 Å². The molecule has 0 saturated heterocycles. The van der Waals surface area contributed by atoms with Crippen LogP contribution in [0.3, 0.4) is 0 Å².